The minimum absolute atomic E-state index is 0.232. The number of amides is 2. The van der Waals surface area contributed by atoms with Crippen LogP contribution in [0.2, 0.25) is 5.02 Å². The van der Waals surface area contributed by atoms with E-state index in [1.165, 1.54) is 36.6 Å². The summed E-state index contributed by atoms with van der Waals surface area (Å²) in [6, 6.07) is 1.57. The Morgan fingerprint density at radius 3 is 2.59 bits per heavy atom. The number of carbonyl (C=O) groups excluding carboxylic acids is 1. The Hall–Kier alpha value is -1.01. The van der Waals surface area contributed by atoms with Crippen molar-refractivity contribution >= 4 is 29.4 Å². The van der Waals surface area contributed by atoms with Crippen molar-refractivity contribution in [3.63, 3.8) is 0 Å². The van der Waals surface area contributed by atoms with Crippen LogP contribution < -0.4 is 0 Å². The molecule has 4 aliphatic rings. The van der Waals surface area contributed by atoms with Gasteiger partial charge in [0, 0.05) is 49.0 Å². The van der Waals surface area contributed by atoms with Gasteiger partial charge in [-0.05, 0) is 49.8 Å². The number of likely N-dealkylation sites (tertiary alicyclic amines) is 2. The smallest absolute Gasteiger partial charge is 0.320 e. The molecule has 0 atom stereocenters. The molecule has 3 saturated heterocycles. The third-order valence-electron chi connectivity index (χ3n) is 6.86. The van der Waals surface area contributed by atoms with E-state index >= 15 is 0 Å². The Morgan fingerprint density at radius 1 is 1.26 bits per heavy atom. The van der Waals surface area contributed by atoms with Crippen LogP contribution in [0, 0.1) is 22.6 Å². The standard InChI is InChI=1S/C20H25ClFN3OS/c21-15-5-16(22)17(23-8-15)4-14-6-20(7-14)11-25(12-20)18(26)24-9-19(10-24)2-1-3-27-13-19/h5,8,14H,1-4,6-7,9-13H2. The fraction of sp³-hybridized carbons (Fsp3) is 0.700. The monoisotopic (exact) mass is 409 g/mol. The molecular weight excluding hydrogens is 385 g/mol. The van der Waals surface area contributed by atoms with Gasteiger partial charge < -0.3 is 9.80 Å². The van der Waals surface area contributed by atoms with Gasteiger partial charge in [0.1, 0.15) is 5.82 Å². The summed E-state index contributed by atoms with van der Waals surface area (Å²) in [5.41, 5.74) is 1.22. The first kappa shape index (κ1) is 18.0. The second kappa shape index (κ2) is 6.51. The molecule has 4 fully saturated rings. The third kappa shape index (κ3) is 3.23. The van der Waals surface area contributed by atoms with Crippen molar-refractivity contribution < 1.29 is 9.18 Å². The largest absolute Gasteiger partial charge is 0.323 e. The molecule has 3 aliphatic heterocycles. The van der Waals surface area contributed by atoms with Crippen LogP contribution in [0.15, 0.2) is 12.3 Å². The van der Waals surface area contributed by atoms with Gasteiger partial charge in [-0.25, -0.2) is 9.18 Å². The van der Waals surface area contributed by atoms with Crippen LogP contribution in [0.25, 0.3) is 0 Å². The summed E-state index contributed by atoms with van der Waals surface area (Å²) in [7, 11) is 0. The van der Waals surface area contributed by atoms with Crippen molar-refractivity contribution in [3.8, 4) is 0 Å². The van der Waals surface area contributed by atoms with E-state index in [0.29, 0.717) is 28.5 Å². The van der Waals surface area contributed by atoms with Crippen LogP contribution in [-0.4, -0.2) is 58.5 Å². The molecule has 5 rings (SSSR count). The highest BCUT2D eigenvalue weighted by molar-refractivity contribution is 7.99. The zero-order valence-corrected chi connectivity index (χ0v) is 17.0. The molecule has 1 aromatic heterocycles. The molecule has 4 heterocycles. The van der Waals surface area contributed by atoms with Gasteiger partial charge in [0.05, 0.1) is 10.7 Å². The number of urea groups is 1. The van der Waals surface area contributed by atoms with Crippen molar-refractivity contribution in [2.24, 2.45) is 16.7 Å². The van der Waals surface area contributed by atoms with Crippen LogP contribution in [0.3, 0.4) is 0 Å². The van der Waals surface area contributed by atoms with Gasteiger partial charge in [-0.3, -0.25) is 4.98 Å². The number of carbonyl (C=O) groups is 1. The summed E-state index contributed by atoms with van der Waals surface area (Å²) in [6.45, 7) is 3.65. The number of aromatic nitrogens is 1. The lowest BCUT2D eigenvalue weighted by atomic mass is 9.57. The molecule has 0 aromatic carbocycles. The first-order chi connectivity index (χ1) is 13.0. The number of rotatable bonds is 2. The minimum atomic E-state index is -0.304. The predicted molar refractivity (Wildman–Crippen MR) is 106 cm³/mol. The van der Waals surface area contributed by atoms with Crippen molar-refractivity contribution in [2.45, 2.75) is 32.1 Å². The molecule has 2 amide bonds. The fourth-order valence-corrected chi connectivity index (χ4v) is 6.99. The molecule has 0 unspecified atom stereocenters. The average molecular weight is 410 g/mol. The van der Waals surface area contributed by atoms with E-state index in [9.17, 15) is 9.18 Å². The second-order valence-electron chi connectivity index (χ2n) is 9.21. The molecule has 0 radical (unpaired) electrons. The Morgan fingerprint density at radius 2 is 1.96 bits per heavy atom. The number of pyridine rings is 1. The zero-order chi connectivity index (χ0) is 18.6. The van der Waals surface area contributed by atoms with Crippen LogP contribution in [-0.2, 0) is 6.42 Å². The lowest BCUT2D eigenvalue weighted by molar-refractivity contribution is -0.0862. The van der Waals surface area contributed by atoms with E-state index in [4.69, 9.17) is 11.6 Å². The third-order valence-corrected chi connectivity index (χ3v) is 8.46. The molecule has 146 valence electrons. The van der Waals surface area contributed by atoms with Gasteiger partial charge in [0.25, 0.3) is 0 Å². The molecular formula is C20H25ClFN3OS. The van der Waals surface area contributed by atoms with Gasteiger partial charge in [0.2, 0.25) is 0 Å². The number of hydrogen-bond donors (Lipinski definition) is 0. The number of hydrogen-bond acceptors (Lipinski definition) is 3. The summed E-state index contributed by atoms with van der Waals surface area (Å²) in [5, 5.41) is 0.342. The normalized spacial score (nSPS) is 25.9. The van der Waals surface area contributed by atoms with E-state index < -0.39 is 0 Å². The number of halogens is 2. The van der Waals surface area contributed by atoms with Crippen LogP contribution >= 0.6 is 23.4 Å². The Kier molecular flexibility index (Phi) is 4.35. The molecule has 2 spiro atoms. The number of thioether (sulfide) groups is 1. The second-order valence-corrected chi connectivity index (χ2v) is 10.8. The summed E-state index contributed by atoms with van der Waals surface area (Å²) in [4.78, 5) is 20.9. The van der Waals surface area contributed by atoms with E-state index in [-0.39, 0.29) is 17.3 Å². The van der Waals surface area contributed by atoms with E-state index in [1.54, 1.807) is 0 Å². The highest BCUT2D eigenvalue weighted by Crippen LogP contribution is 2.53. The lowest BCUT2D eigenvalue weighted by Gasteiger charge is -2.61. The van der Waals surface area contributed by atoms with Crippen LogP contribution in [0.5, 0.6) is 0 Å². The molecule has 1 aliphatic carbocycles. The Balaban J connectivity index is 1.08. The average Bonchev–Trinajstić information content (AvgIpc) is 2.55. The van der Waals surface area contributed by atoms with Crippen LogP contribution in [0.4, 0.5) is 9.18 Å². The molecule has 1 aromatic rings. The van der Waals surface area contributed by atoms with E-state index in [0.717, 1.165) is 39.0 Å². The first-order valence-corrected chi connectivity index (χ1v) is 11.4. The van der Waals surface area contributed by atoms with Crippen LogP contribution in [0.1, 0.15) is 31.4 Å². The Bertz CT molecular complexity index is 748. The molecule has 1 saturated carbocycles. The van der Waals surface area contributed by atoms with Crippen molar-refractivity contribution in [2.75, 3.05) is 37.7 Å². The maximum absolute atomic E-state index is 13.9. The summed E-state index contributed by atoms with van der Waals surface area (Å²) < 4.78 is 13.9. The SMILES string of the molecule is O=C(N1CC2(CCCSC2)C1)N1CC2(CC(Cc3ncc(Cl)cc3F)C2)C1. The molecule has 4 nitrogen and oxygen atoms in total. The maximum atomic E-state index is 13.9. The predicted octanol–water partition coefficient (Wildman–Crippen LogP) is 4.08. The lowest BCUT2D eigenvalue weighted by Crippen LogP contribution is -2.70. The topological polar surface area (TPSA) is 36.4 Å². The van der Waals surface area contributed by atoms with Crippen molar-refractivity contribution in [1.29, 1.82) is 0 Å². The van der Waals surface area contributed by atoms with E-state index in [2.05, 4.69) is 4.98 Å². The summed E-state index contributed by atoms with van der Waals surface area (Å²) >= 11 is 7.81. The molecule has 7 heteroatoms. The van der Waals surface area contributed by atoms with E-state index in [1.807, 2.05) is 21.6 Å². The maximum Gasteiger partial charge on any atom is 0.320 e. The quantitative estimate of drug-likeness (QED) is 0.738. The zero-order valence-electron chi connectivity index (χ0n) is 15.4. The molecule has 0 N–H and O–H groups in total. The van der Waals surface area contributed by atoms with Crippen molar-refractivity contribution in [1.82, 2.24) is 14.8 Å². The Labute approximate surface area is 168 Å². The minimum Gasteiger partial charge on any atom is -0.323 e. The summed E-state index contributed by atoms with van der Waals surface area (Å²) in [5.74, 6) is 2.66. The van der Waals surface area contributed by atoms with Crippen molar-refractivity contribution in [3.05, 3.63) is 28.8 Å². The highest BCUT2D eigenvalue weighted by atomic mass is 35.5. The van der Waals surface area contributed by atoms with Gasteiger partial charge >= 0.3 is 6.03 Å². The summed E-state index contributed by atoms with van der Waals surface area (Å²) in [6.07, 6.45) is 6.91. The number of nitrogens with zero attached hydrogens (tertiary/aromatic N) is 3. The van der Waals surface area contributed by atoms with Gasteiger partial charge in [0.15, 0.2) is 0 Å². The van der Waals surface area contributed by atoms with Gasteiger partial charge in [-0.2, -0.15) is 11.8 Å². The first-order valence-electron chi connectivity index (χ1n) is 9.88. The van der Waals surface area contributed by atoms with Gasteiger partial charge in [-0.15, -0.1) is 0 Å². The highest BCUT2D eigenvalue weighted by Gasteiger charge is 2.56. The van der Waals surface area contributed by atoms with Gasteiger partial charge in [-0.1, -0.05) is 11.6 Å². The fourth-order valence-electron chi connectivity index (χ4n) is 5.59. The molecule has 0 bridgehead atoms. The molecule has 27 heavy (non-hydrogen) atoms.